The van der Waals surface area contributed by atoms with Crippen LogP contribution in [0.25, 0.3) is 10.9 Å². The normalized spacial score (nSPS) is 24.2. The van der Waals surface area contributed by atoms with Gasteiger partial charge in [0.1, 0.15) is 5.60 Å². The molecule has 1 N–H and O–H groups in total. The second-order valence-corrected chi connectivity index (χ2v) is 7.15. The Morgan fingerprint density at radius 3 is 2.88 bits per heavy atom. The second-order valence-electron chi connectivity index (χ2n) is 6.72. The minimum Gasteiger partial charge on any atom is -0.439 e. The van der Waals surface area contributed by atoms with Gasteiger partial charge in [0.2, 0.25) is 0 Å². The molecule has 1 spiro atoms. The number of aromatic nitrogens is 1. The smallest absolute Gasteiger partial charge is 0.410 e. The number of ether oxygens (including phenoxy) is 1. The molecule has 6 nitrogen and oxygen atoms in total. The molecule has 0 aliphatic carbocycles. The van der Waals surface area contributed by atoms with E-state index in [-0.39, 0.29) is 11.5 Å². The average molecular weight is 348 g/mol. The van der Waals surface area contributed by atoms with Crippen LogP contribution in [0, 0.1) is 0 Å². The molecule has 4 rings (SSSR count). The fourth-order valence-corrected chi connectivity index (χ4v) is 3.84. The molecule has 1 aromatic heterocycles. The van der Waals surface area contributed by atoms with E-state index in [0.717, 1.165) is 24.2 Å². The lowest BCUT2D eigenvalue weighted by Crippen LogP contribution is -2.37. The standard InChI is InChI=1S/C17H18ClN3O3/c1-20-9-17(24-16(20)23)4-5-21(10-17)8-12-7-15(22)13-6-11(18)2-3-14(13)19-12/h2-3,6-7H,4-5,8-10H2,1H3,(H,19,22). The zero-order valence-corrected chi connectivity index (χ0v) is 14.1. The molecular weight excluding hydrogens is 330 g/mol. The molecule has 126 valence electrons. The first kappa shape index (κ1) is 15.5. The Labute approximate surface area is 144 Å². The fraction of sp³-hybridized carbons (Fsp3) is 0.412. The summed E-state index contributed by atoms with van der Waals surface area (Å²) < 4.78 is 5.56. The summed E-state index contributed by atoms with van der Waals surface area (Å²) in [4.78, 5) is 31.1. The van der Waals surface area contributed by atoms with E-state index in [2.05, 4.69) is 9.88 Å². The first-order valence-corrected chi connectivity index (χ1v) is 8.30. The summed E-state index contributed by atoms with van der Waals surface area (Å²) in [5, 5.41) is 1.14. The third kappa shape index (κ3) is 2.65. The van der Waals surface area contributed by atoms with Crippen molar-refractivity contribution < 1.29 is 9.53 Å². The molecule has 0 saturated carbocycles. The maximum atomic E-state index is 12.3. The summed E-state index contributed by atoms with van der Waals surface area (Å²) in [5.74, 6) is 0. The van der Waals surface area contributed by atoms with Crippen LogP contribution in [-0.2, 0) is 11.3 Å². The van der Waals surface area contributed by atoms with Crippen LogP contribution in [0.2, 0.25) is 5.02 Å². The topological polar surface area (TPSA) is 65.6 Å². The second kappa shape index (κ2) is 5.50. The molecule has 3 heterocycles. The molecule has 0 bridgehead atoms. The highest BCUT2D eigenvalue weighted by Gasteiger charge is 2.48. The number of pyridine rings is 1. The van der Waals surface area contributed by atoms with E-state index in [9.17, 15) is 9.59 Å². The molecule has 24 heavy (non-hydrogen) atoms. The quantitative estimate of drug-likeness (QED) is 0.904. The number of likely N-dealkylation sites (N-methyl/N-ethyl adjacent to an activating group) is 1. The van der Waals surface area contributed by atoms with Gasteiger partial charge in [-0.25, -0.2) is 4.79 Å². The molecule has 2 aliphatic rings. The number of benzene rings is 1. The lowest BCUT2D eigenvalue weighted by Gasteiger charge is -2.21. The van der Waals surface area contributed by atoms with Crippen LogP contribution in [-0.4, -0.2) is 53.2 Å². The average Bonchev–Trinajstić information content (AvgIpc) is 3.03. The number of hydrogen-bond acceptors (Lipinski definition) is 4. The van der Waals surface area contributed by atoms with Crippen molar-refractivity contribution in [1.82, 2.24) is 14.8 Å². The Bertz CT molecular complexity index is 881. The number of fused-ring (bicyclic) bond motifs is 1. The predicted molar refractivity (Wildman–Crippen MR) is 91.3 cm³/mol. The number of hydrogen-bond donors (Lipinski definition) is 1. The third-order valence-electron chi connectivity index (χ3n) is 4.78. The van der Waals surface area contributed by atoms with Crippen LogP contribution in [0.15, 0.2) is 29.1 Å². The number of halogens is 1. The lowest BCUT2D eigenvalue weighted by molar-refractivity contribution is 0.0626. The number of rotatable bonds is 2. The largest absolute Gasteiger partial charge is 0.439 e. The molecule has 2 aliphatic heterocycles. The maximum absolute atomic E-state index is 12.3. The highest BCUT2D eigenvalue weighted by atomic mass is 35.5. The third-order valence-corrected chi connectivity index (χ3v) is 5.01. The van der Waals surface area contributed by atoms with Gasteiger partial charge in [0.15, 0.2) is 5.43 Å². The number of nitrogens with one attached hydrogen (secondary N) is 1. The zero-order chi connectivity index (χ0) is 16.9. The summed E-state index contributed by atoms with van der Waals surface area (Å²) in [7, 11) is 1.76. The summed E-state index contributed by atoms with van der Waals surface area (Å²) in [6, 6.07) is 6.89. The van der Waals surface area contributed by atoms with Crippen LogP contribution in [0.1, 0.15) is 12.1 Å². The number of amides is 1. The van der Waals surface area contributed by atoms with Crippen LogP contribution in [0.3, 0.4) is 0 Å². The van der Waals surface area contributed by atoms with Gasteiger partial charge in [0, 0.05) is 60.8 Å². The van der Waals surface area contributed by atoms with Crippen molar-refractivity contribution in [2.45, 2.75) is 18.6 Å². The van der Waals surface area contributed by atoms with Crippen LogP contribution < -0.4 is 5.43 Å². The predicted octanol–water partition coefficient (Wildman–Crippen LogP) is 2.21. The Hall–Kier alpha value is -2.05. The molecule has 2 saturated heterocycles. The molecule has 2 fully saturated rings. The Balaban J connectivity index is 1.54. The van der Waals surface area contributed by atoms with E-state index in [4.69, 9.17) is 16.3 Å². The van der Waals surface area contributed by atoms with Crippen molar-refractivity contribution in [3.63, 3.8) is 0 Å². The number of aromatic amines is 1. The minimum atomic E-state index is -0.406. The van der Waals surface area contributed by atoms with Gasteiger partial charge in [-0.1, -0.05) is 11.6 Å². The van der Waals surface area contributed by atoms with E-state index in [1.165, 1.54) is 0 Å². The van der Waals surface area contributed by atoms with Crippen molar-refractivity contribution in [3.05, 3.63) is 45.2 Å². The first-order valence-electron chi connectivity index (χ1n) is 7.92. The van der Waals surface area contributed by atoms with E-state index in [1.54, 1.807) is 30.1 Å². The van der Waals surface area contributed by atoms with Gasteiger partial charge >= 0.3 is 6.09 Å². The Morgan fingerprint density at radius 1 is 1.29 bits per heavy atom. The van der Waals surface area contributed by atoms with Crippen LogP contribution in [0.5, 0.6) is 0 Å². The van der Waals surface area contributed by atoms with Crippen molar-refractivity contribution in [3.8, 4) is 0 Å². The van der Waals surface area contributed by atoms with E-state index in [1.807, 2.05) is 6.07 Å². The van der Waals surface area contributed by atoms with E-state index >= 15 is 0 Å². The fourth-order valence-electron chi connectivity index (χ4n) is 3.67. The molecule has 0 radical (unpaired) electrons. The van der Waals surface area contributed by atoms with Gasteiger partial charge in [-0.05, 0) is 18.2 Å². The SMILES string of the molecule is CN1CC2(CCN(Cc3cc(=O)c4cc(Cl)ccc4[nH]3)C2)OC1=O. The van der Waals surface area contributed by atoms with E-state index in [0.29, 0.717) is 30.0 Å². The Kier molecular flexibility index (Phi) is 3.54. The van der Waals surface area contributed by atoms with E-state index < -0.39 is 5.60 Å². The lowest BCUT2D eigenvalue weighted by atomic mass is 10.0. The van der Waals surface area contributed by atoms with Gasteiger partial charge in [0.05, 0.1) is 6.54 Å². The Morgan fingerprint density at radius 2 is 2.12 bits per heavy atom. The highest BCUT2D eigenvalue weighted by molar-refractivity contribution is 6.31. The maximum Gasteiger partial charge on any atom is 0.410 e. The molecule has 1 unspecified atom stereocenters. The molecule has 1 aromatic carbocycles. The van der Waals surface area contributed by atoms with Crippen molar-refractivity contribution in [2.75, 3.05) is 26.7 Å². The van der Waals surface area contributed by atoms with Crippen LogP contribution >= 0.6 is 11.6 Å². The molecule has 7 heteroatoms. The van der Waals surface area contributed by atoms with Crippen molar-refractivity contribution >= 4 is 28.6 Å². The van der Waals surface area contributed by atoms with Gasteiger partial charge in [-0.15, -0.1) is 0 Å². The van der Waals surface area contributed by atoms with Crippen molar-refractivity contribution in [1.29, 1.82) is 0 Å². The molecule has 2 aromatic rings. The van der Waals surface area contributed by atoms with Gasteiger partial charge in [-0.3, -0.25) is 9.69 Å². The van der Waals surface area contributed by atoms with Gasteiger partial charge in [-0.2, -0.15) is 0 Å². The number of likely N-dealkylation sites (tertiary alicyclic amines) is 1. The van der Waals surface area contributed by atoms with Gasteiger partial charge in [0.25, 0.3) is 0 Å². The molecular formula is C17H18ClN3O3. The molecule has 1 amide bonds. The zero-order valence-electron chi connectivity index (χ0n) is 13.3. The first-order chi connectivity index (χ1) is 11.4. The number of H-pyrrole nitrogens is 1. The number of carbonyl (C=O) groups excluding carboxylic acids is 1. The minimum absolute atomic E-state index is 0.0396. The summed E-state index contributed by atoms with van der Waals surface area (Å²) in [6.07, 6.45) is 0.559. The summed E-state index contributed by atoms with van der Waals surface area (Å²) in [5.41, 5.74) is 1.19. The van der Waals surface area contributed by atoms with Gasteiger partial charge < -0.3 is 14.6 Å². The summed E-state index contributed by atoms with van der Waals surface area (Å²) in [6.45, 7) is 2.76. The highest BCUT2D eigenvalue weighted by Crippen LogP contribution is 2.32. The van der Waals surface area contributed by atoms with Crippen LogP contribution in [0.4, 0.5) is 4.79 Å². The monoisotopic (exact) mass is 347 g/mol. The van der Waals surface area contributed by atoms with Crippen molar-refractivity contribution in [2.24, 2.45) is 0 Å². The number of carbonyl (C=O) groups is 1. The molecule has 1 atom stereocenters. The summed E-state index contributed by atoms with van der Waals surface area (Å²) >= 11 is 5.95. The number of nitrogens with zero attached hydrogens (tertiary/aromatic N) is 2.